The molecule has 0 spiro atoms. The van der Waals surface area contributed by atoms with Gasteiger partial charge in [-0.1, -0.05) is 29.3 Å². The van der Waals surface area contributed by atoms with Crippen molar-refractivity contribution in [3.05, 3.63) is 44.5 Å². The summed E-state index contributed by atoms with van der Waals surface area (Å²) in [5, 5.41) is 8.50. The highest BCUT2D eigenvalue weighted by molar-refractivity contribution is 7.21. The van der Waals surface area contributed by atoms with E-state index in [-0.39, 0.29) is 4.88 Å². The van der Waals surface area contributed by atoms with Crippen molar-refractivity contribution in [3.63, 3.8) is 0 Å². The Labute approximate surface area is 163 Å². The lowest BCUT2D eigenvalue weighted by Crippen LogP contribution is -2.21. The van der Waals surface area contributed by atoms with Crippen molar-refractivity contribution in [3.8, 4) is 0 Å². The number of carbonyl (C=O) groups is 2. The summed E-state index contributed by atoms with van der Waals surface area (Å²) in [4.78, 5) is 24.6. The molecule has 1 aromatic carbocycles. The van der Waals surface area contributed by atoms with Crippen LogP contribution in [0.1, 0.15) is 21.1 Å². The van der Waals surface area contributed by atoms with Crippen LogP contribution in [0, 0.1) is 13.8 Å². The van der Waals surface area contributed by atoms with E-state index in [4.69, 9.17) is 27.9 Å². The maximum Gasteiger partial charge on any atom is 0.350 e. The molecule has 26 heavy (non-hydrogen) atoms. The van der Waals surface area contributed by atoms with Crippen LogP contribution in [0.5, 0.6) is 0 Å². The number of carbonyl (C=O) groups excluding carboxylic acids is 2. The molecular formula is C17H15Cl2N3O3S. The summed E-state index contributed by atoms with van der Waals surface area (Å²) in [5.41, 5.74) is 2.11. The van der Waals surface area contributed by atoms with Crippen molar-refractivity contribution in [1.29, 1.82) is 0 Å². The van der Waals surface area contributed by atoms with Gasteiger partial charge in [0, 0.05) is 22.2 Å². The van der Waals surface area contributed by atoms with Gasteiger partial charge in [0.2, 0.25) is 0 Å². The van der Waals surface area contributed by atoms with Crippen LogP contribution < -0.4 is 5.32 Å². The number of rotatable bonds is 4. The number of hydrogen-bond donors (Lipinski definition) is 1. The van der Waals surface area contributed by atoms with Crippen molar-refractivity contribution in [2.45, 2.75) is 13.8 Å². The average Bonchev–Trinajstić information content (AvgIpc) is 3.03. The summed E-state index contributed by atoms with van der Waals surface area (Å²) in [6.07, 6.45) is 0. The summed E-state index contributed by atoms with van der Waals surface area (Å²) < 4.78 is 7.55. The van der Waals surface area contributed by atoms with E-state index >= 15 is 0 Å². The van der Waals surface area contributed by atoms with Gasteiger partial charge < -0.3 is 10.1 Å². The Bertz CT molecular complexity index is 1030. The van der Waals surface area contributed by atoms with E-state index in [1.165, 1.54) is 11.3 Å². The van der Waals surface area contributed by atoms with Gasteiger partial charge in [0.05, 0.1) is 22.1 Å². The van der Waals surface area contributed by atoms with Gasteiger partial charge in [-0.2, -0.15) is 5.10 Å². The van der Waals surface area contributed by atoms with E-state index in [0.29, 0.717) is 21.4 Å². The van der Waals surface area contributed by atoms with E-state index < -0.39 is 18.5 Å². The molecule has 0 saturated heterocycles. The molecule has 136 valence electrons. The number of benzene rings is 1. The molecule has 3 rings (SSSR count). The smallest absolute Gasteiger partial charge is 0.350 e. The SMILES string of the molecule is Cc1nn(C)c(C)c1NC(=O)COC(=O)c1sc2cc(Cl)ccc2c1Cl. The Morgan fingerprint density at radius 3 is 2.69 bits per heavy atom. The highest BCUT2D eigenvalue weighted by Gasteiger charge is 2.20. The number of nitrogens with one attached hydrogen (secondary N) is 1. The van der Waals surface area contributed by atoms with Gasteiger partial charge in [-0.05, 0) is 26.0 Å². The molecule has 0 radical (unpaired) electrons. The molecule has 0 aliphatic heterocycles. The zero-order valence-corrected chi connectivity index (χ0v) is 16.6. The number of thiophene rings is 1. The monoisotopic (exact) mass is 411 g/mol. The molecular weight excluding hydrogens is 397 g/mol. The van der Waals surface area contributed by atoms with Crippen LogP contribution in [0.3, 0.4) is 0 Å². The molecule has 0 fully saturated rings. The van der Waals surface area contributed by atoms with E-state index in [9.17, 15) is 9.59 Å². The van der Waals surface area contributed by atoms with E-state index in [2.05, 4.69) is 10.4 Å². The summed E-state index contributed by atoms with van der Waals surface area (Å²) >= 11 is 13.4. The van der Waals surface area contributed by atoms with Gasteiger partial charge in [-0.3, -0.25) is 9.48 Å². The van der Waals surface area contributed by atoms with Gasteiger partial charge in [0.1, 0.15) is 4.88 Å². The third-order valence-corrected chi connectivity index (χ3v) is 5.76. The van der Waals surface area contributed by atoms with Crippen LogP contribution in [0.2, 0.25) is 10.0 Å². The van der Waals surface area contributed by atoms with E-state index in [1.807, 2.05) is 6.92 Å². The summed E-state index contributed by atoms with van der Waals surface area (Å²) in [6, 6.07) is 5.17. The first-order chi connectivity index (χ1) is 12.3. The Balaban J connectivity index is 1.69. The largest absolute Gasteiger partial charge is 0.451 e. The fraction of sp³-hybridized carbons (Fsp3) is 0.235. The van der Waals surface area contributed by atoms with Crippen LogP contribution in [-0.2, 0) is 16.6 Å². The molecule has 0 saturated carbocycles. The van der Waals surface area contributed by atoms with Crippen molar-refractivity contribution in [1.82, 2.24) is 9.78 Å². The van der Waals surface area contributed by atoms with Crippen molar-refractivity contribution in [2.75, 3.05) is 11.9 Å². The standard InChI is InChI=1S/C17H15Cl2N3O3S/c1-8-15(9(2)22(3)21-8)20-13(23)7-25-17(24)16-14(19)11-5-4-10(18)6-12(11)26-16/h4-6H,7H2,1-3H3,(H,20,23). The molecule has 3 aromatic rings. The summed E-state index contributed by atoms with van der Waals surface area (Å²) in [7, 11) is 1.79. The zero-order valence-electron chi connectivity index (χ0n) is 14.2. The Morgan fingerprint density at radius 1 is 1.31 bits per heavy atom. The number of fused-ring (bicyclic) bond motifs is 1. The topological polar surface area (TPSA) is 73.2 Å². The van der Waals surface area contributed by atoms with Gasteiger partial charge in [0.15, 0.2) is 6.61 Å². The Hall–Kier alpha value is -2.09. The minimum Gasteiger partial charge on any atom is -0.451 e. The van der Waals surface area contributed by atoms with Crippen molar-refractivity contribution < 1.29 is 14.3 Å². The number of amides is 1. The molecule has 6 nitrogen and oxygen atoms in total. The first-order valence-corrected chi connectivity index (χ1v) is 9.20. The quantitative estimate of drug-likeness (QED) is 0.647. The minimum atomic E-state index is -0.651. The molecule has 0 atom stereocenters. The van der Waals surface area contributed by atoms with Crippen LogP contribution in [0.4, 0.5) is 5.69 Å². The molecule has 0 unspecified atom stereocenters. The van der Waals surface area contributed by atoms with E-state index in [1.54, 1.807) is 36.9 Å². The van der Waals surface area contributed by atoms with E-state index in [0.717, 1.165) is 15.8 Å². The Kier molecular flexibility index (Phi) is 5.22. The van der Waals surface area contributed by atoms with Crippen LogP contribution in [0.15, 0.2) is 18.2 Å². The molecule has 1 N–H and O–H groups in total. The second-order valence-electron chi connectivity index (χ2n) is 5.68. The predicted octanol–water partition coefficient (Wildman–Crippen LogP) is 4.35. The number of nitrogens with zero attached hydrogens (tertiary/aromatic N) is 2. The Morgan fingerprint density at radius 2 is 2.04 bits per heavy atom. The third kappa shape index (κ3) is 3.56. The normalized spacial score (nSPS) is 11.0. The van der Waals surface area contributed by atoms with Crippen LogP contribution in [0.25, 0.3) is 10.1 Å². The molecule has 1 amide bonds. The van der Waals surface area contributed by atoms with Crippen LogP contribution in [-0.4, -0.2) is 28.3 Å². The lowest BCUT2D eigenvalue weighted by Gasteiger charge is -2.06. The maximum absolute atomic E-state index is 12.3. The predicted molar refractivity (Wildman–Crippen MR) is 103 cm³/mol. The lowest BCUT2D eigenvalue weighted by molar-refractivity contribution is -0.119. The van der Waals surface area contributed by atoms with Gasteiger partial charge in [-0.15, -0.1) is 11.3 Å². The van der Waals surface area contributed by atoms with Crippen molar-refractivity contribution in [2.24, 2.45) is 7.05 Å². The number of aromatic nitrogens is 2. The molecule has 9 heteroatoms. The first-order valence-electron chi connectivity index (χ1n) is 7.62. The number of esters is 1. The molecule has 2 heterocycles. The third-order valence-electron chi connectivity index (χ3n) is 3.88. The summed E-state index contributed by atoms with van der Waals surface area (Å²) in [5.74, 6) is -1.10. The molecule has 0 aliphatic carbocycles. The number of ether oxygens (including phenoxy) is 1. The van der Waals surface area contributed by atoms with Gasteiger partial charge in [0.25, 0.3) is 5.91 Å². The highest BCUT2D eigenvalue weighted by Crippen LogP contribution is 2.37. The van der Waals surface area contributed by atoms with Crippen LogP contribution >= 0.6 is 34.5 Å². The fourth-order valence-electron chi connectivity index (χ4n) is 2.50. The van der Waals surface area contributed by atoms with Crippen molar-refractivity contribution >= 4 is 62.2 Å². The molecule has 0 bridgehead atoms. The molecule has 0 aliphatic rings. The lowest BCUT2D eigenvalue weighted by atomic mass is 10.2. The molecule has 2 aromatic heterocycles. The zero-order chi connectivity index (χ0) is 19.0. The first kappa shape index (κ1) is 18.7. The minimum absolute atomic E-state index is 0.241. The number of hydrogen-bond acceptors (Lipinski definition) is 5. The second-order valence-corrected chi connectivity index (χ2v) is 7.55. The summed E-state index contributed by atoms with van der Waals surface area (Å²) in [6.45, 7) is 3.21. The number of halogens is 2. The number of anilines is 1. The number of aryl methyl sites for hydroxylation is 2. The average molecular weight is 412 g/mol. The second kappa shape index (κ2) is 7.26. The fourth-order valence-corrected chi connectivity index (χ4v) is 4.18. The van der Waals surface area contributed by atoms with Gasteiger partial charge in [-0.25, -0.2) is 4.79 Å². The van der Waals surface area contributed by atoms with Gasteiger partial charge >= 0.3 is 5.97 Å². The maximum atomic E-state index is 12.3. The highest BCUT2D eigenvalue weighted by atomic mass is 35.5.